The van der Waals surface area contributed by atoms with Gasteiger partial charge < -0.3 is 15.1 Å². The first-order chi connectivity index (χ1) is 15.0. The summed E-state index contributed by atoms with van der Waals surface area (Å²) in [5.74, 6) is -0.398. The molecule has 2 aromatic carbocycles. The highest BCUT2D eigenvalue weighted by Gasteiger charge is 2.41. The summed E-state index contributed by atoms with van der Waals surface area (Å²) in [6.45, 7) is 0.930. The van der Waals surface area contributed by atoms with Crippen LogP contribution < -0.4 is 10.2 Å². The van der Waals surface area contributed by atoms with Crippen LogP contribution in [0.2, 0.25) is 0 Å². The molecule has 162 valence electrons. The standard InChI is InChI=1S/C24H27N3O3S/c1-25-23(29)17-5-3-16(4-6-17)14-27(20-7-8-20)24(30)18-13-22(28)26(15-18)19-9-11-21(31-2)12-10-19/h3-6,9-12,18,20H,7-8,13-15H2,1-2H3,(H,25,29). The Morgan fingerprint density at radius 3 is 2.35 bits per heavy atom. The zero-order valence-electron chi connectivity index (χ0n) is 17.8. The third kappa shape index (κ3) is 4.77. The molecule has 1 heterocycles. The van der Waals surface area contributed by atoms with E-state index in [0.29, 0.717) is 18.7 Å². The van der Waals surface area contributed by atoms with Crippen LogP contribution in [-0.2, 0) is 16.1 Å². The van der Waals surface area contributed by atoms with Crippen LogP contribution in [0.1, 0.15) is 35.2 Å². The zero-order chi connectivity index (χ0) is 22.0. The van der Waals surface area contributed by atoms with Crippen molar-refractivity contribution in [1.82, 2.24) is 10.2 Å². The largest absolute Gasteiger partial charge is 0.355 e. The summed E-state index contributed by atoms with van der Waals surface area (Å²) in [6, 6.07) is 15.5. The van der Waals surface area contributed by atoms with Crippen molar-refractivity contribution in [2.75, 3.05) is 24.7 Å². The number of amides is 3. The molecule has 31 heavy (non-hydrogen) atoms. The van der Waals surface area contributed by atoms with E-state index in [9.17, 15) is 14.4 Å². The van der Waals surface area contributed by atoms with Crippen molar-refractivity contribution in [3.05, 3.63) is 59.7 Å². The van der Waals surface area contributed by atoms with Crippen molar-refractivity contribution in [1.29, 1.82) is 0 Å². The Kier molecular flexibility index (Phi) is 6.32. The number of carbonyl (C=O) groups excluding carboxylic acids is 3. The lowest BCUT2D eigenvalue weighted by Gasteiger charge is -2.26. The lowest BCUT2D eigenvalue weighted by atomic mass is 10.1. The quantitative estimate of drug-likeness (QED) is 0.675. The van der Waals surface area contributed by atoms with Gasteiger partial charge in [0.15, 0.2) is 0 Å². The van der Waals surface area contributed by atoms with Gasteiger partial charge in [-0.1, -0.05) is 12.1 Å². The molecule has 3 amide bonds. The van der Waals surface area contributed by atoms with Gasteiger partial charge in [-0.05, 0) is 61.1 Å². The van der Waals surface area contributed by atoms with Gasteiger partial charge in [0.05, 0.1) is 5.92 Å². The first-order valence-electron chi connectivity index (χ1n) is 10.6. The average Bonchev–Trinajstić information content (AvgIpc) is 3.58. The average molecular weight is 438 g/mol. The maximum Gasteiger partial charge on any atom is 0.251 e. The minimum absolute atomic E-state index is 0.000861. The summed E-state index contributed by atoms with van der Waals surface area (Å²) in [5, 5.41) is 2.61. The van der Waals surface area contributed by atoms with E-state index in [4.69, 9.17) is 0 Å². The number of hydrogen-bond donors (Lipinski definition) is 1. The summed E-state index contributed by atoms with van der Waals surface area (Å²) < 4.78 is 0. The summed E-state index contributed by atoms with van der Waals surface area (Å²) in [7, 11) is 1.60. The van der Waals surface area contributed by atoms with Crippen molar-refractivity contribution >= 4 is 35.2 Å². The molecule has 0 aromatic heterocycles. The van der Waals surface area contributed by atoms with Gasteiger partial charge in [-0.25, -0.2) is 0 Å². The van der Waals surface area contributed by atoms with Gasteiger partial charge in [0, 0.05) is 48.7 Å². The molecular weight excluding hydrogens is 410 g/mol. The number of anilines is 1. The molecule has 1 atom stereocenters. The van der Waals surface area contributed by atoms with Gasteiger partial charge in [0.2, 0.25) is 11.8 Å². The Morgan fingerprint density at radius 1 is 1.10 bits per heavy atom. The number of nitrogens with one attached hydrogen (secondary N) is 1. The molecule has 0 spiro atoms. The van der Waals surface area contributed by atoms with E-state index in [1.165, 1.54) is 0 Å². The van der Waals surface area contributed by atoms with Crippen molar-refractivity contribution in [2.24, 2.45) is 5.92 Å². The van der Waals surface area contributed by atoms with E-state index in [0.717, 1.165) is 29.0 Å². The van der Waals surface area contributed by atoms with Crippen molar-refractivity contribution < 1.29 is 14.4 Å². The van der Waals surface area contributed by atoms with Crippen LogP contribution in [0.25, 0.3) is 0 Å². The molecule has 4 rings (SSSR count). The summed E-state index contributed by atoms with van der Waals surface area (Å²) in [5.41, 5.74) is 2.43. The molecule has 1 aliphatic heterocycles. The lowest BCUT2D eigenvalue weighted by Crippen LogP contribution is -2.38. The lowest BCUT2D eigenvalue weighted by molar-refractivity contribution is -0.137. The van der Waals surface area contributed by atoms with Gasteiger partial charge in [-0.2, -0.15) is 0 Å². The van der Waals surface area contributed by atoms with Gasteiger partial charge in [-0.15, -0.1) is 11.8 Å². The third-order valence-electron chi connectivity index (χ3n) is 5.93. The molecule has 1 aliphatic carbocycles. The Morgan fingerprint density at radius 2 is 1.77 bits per heavy atom. The highest BCUT2D eigenvalue weighted by molar-refractivity contribution is 7.98. The molecule has 1 saturated carbocycles. The van der Waals surface area contributed by atoms with Crippen LogP contribution in [0.4, 0.5) is 5.69 Å². The first kappa shape index (κ1) is 21.4. The second-order valence-corrected chi connectivity index (χ2v) is 8.96. The van der Waals surface area contributed by atoms with Crippen LogP contribution in [0, 0.1) is 5.92 Å². The molecule has 2 fully saturated rings. The Labute approximate surface area is 187 Å². The van der Waals surface area contributed by atoms with Crippen molar-refractivity contribution in [3.63, 3.8) is 0 Å². The number of nitrogens with zero attached hydrogens (tertiary/aromatic N) is 2. The highest BCUT2D eigenvalue weighted by atomic mass is 32.2. The van der Waals surface area contributed by atoms with E-state index in [1.54, 1.807) is 35.8 Å². The number of rotatable bonds is 7. The van der Waals surface area contributed by atoms with Crippen LogP contribution in [0.15, 0.2) is 53.4 Å². The molecule has 6 nitrogen and oxygen atoms in total. The van der Waals surface area contributed by atoms with Crippen molar-refractivity contribution in [3.8, 4) is 0 Å². The minimum atomic E-state index is -0.321. The predicted molar refractivity (Wildman–Crippen MR) is 122 cm³/mol. The van der Waals surface area contributed by atoms with Crippen LogP contribution in [0.5, 0.6) is 0 Å². The molecule has 0 radical (unpaired) electrons. The van der Waals surface area contributed by atoms with E-state index >= 15 is 0 Å². The van der Waals surface area contributed by atoms with Gasteiger partial charge >= 0.3 is 0 Å². The number of benzene rings is 2. The normalized spacial score (nSPS) is 18.2. The summed E-state index contributed by atoms with van der Waals surface area (Å²) >= 11 is 1.66. The van der Waals surface area contributed by atoms with E-state index in [2.05, 4.69) is 5.32 Å². The monoisotopic (exact) mass is 437 g/mol. The fraction of sp³-hybridized carbons (Fsp3) is 0.375. The maximum atomic E-state index is 13.4. The van der Waals surface area contributed by atoms with E-state index < -0.39 is 0 Å². The molecular formula is C24H27N3O3S. The summed E-state index contributed by atoms with van der Waals surface area (Å²) in [4.78, 5) is 42.6. The maximum absolute atomic E-state index is 13.4. The Bertz CT molecular complexity index is 971. The smallest absolute Gasteiger partial charge is 0.251 e. The highest BCUT2D eigenvalue weighted by Crippen LogP contribution is 2.33. The van der Waals surface area contributed by atoms with Crippen molar-refractivity contribution in [2.45, 2.75) is 36.7 Å². The van der Waals surface area contributed by atoms with Crippen LogP contribution >= 0.6 is 11.8 Å². The third-order valence-corrected chi connectivity index (χ3v) is 6.67. The fourth-order valence-electron chi connectivity index (χ4n) is 3.99. The van der Waals surface area contributed by atoms with E-state index in [-0.39, 0.29) is 36.1 Å². The first-order valence-corrected chi connectivity index (χ1v) is 11.8. The van der Waals surface area contributed by atoms with Gasteiger partial charge in [0.1, 0.15) is 0 Å². The minimum Gasteiger partial charge on any atom is -0.355 e. The number of thioether (sulfide) groups is 1. The molecule has 7 heteroatoms. The molecule has 1 N–H and O–H groups in total. The SMILES string of the molecule is CNC(=O)c1ccc(CN(C(=O)C2CC(=O)N(c3ccc(SC)cc3)C2)C2CC2)cc1. The molecule has 1 saturated heterocycles. The number of hydrogen-bond acceptors (Lipinski definition) is 4. The number of carbonyl (C=O) groups is 3. The van der Waals surface area contributed by atoms with Crippen LogP contribution in [-0.4, -0.2) is 48.5 Å². The predicted octanol–water partition coefficient (Wildman–Crippen LogP) is 3.31. The molecule has 2 aromatic rings. The fourth-order valence-corrected chi connectivity index (χ4v) is 4.40. The van der Waals surface area contributed by atoms with E-state index in [1.807, 2.05) is 47.6 Å². The molecule has 0 bridgehead atoms. The second-order valence-electron chi connectivity index (χ2n) is 8.08. The Balaban J connectivity index is 1.45. The zero-order valence-corrected chi connectivity index (χ0v) is 18.7. The Hall–Kier alpha value is -2.80. The topological polar surface area (TPSA) is 69.7 Å². The van der Waals surface area contributed by atoms with Crippen LogP contribution in [0.3, 0.4) is 0 Å². The molecule has 2 aliphatic rings. The summed E-state index contributed by atoms with van der Waals surface area (Å²) in [6.07, 6.45) is 4.27. The molecule has 1 unspecified atom stereocenters. The second kappa shape index (κ2) is 9.14. The van der Waals surface area contributed by atoms with Gasteiger partial charge in [0.25, 0.3) is 5.91 Å². The van der Waals surface area contributed by atoms with Gasteiger partial charge in [-0.3, -0.25) is 14.4 Å².